The number of esters is 3. The van der Waals surface area contributed by atoms with Crippen LogP contribution in [0.3, 0.4) is 0 Å². The van der Waals surface area contributed by atoms with Gasteiger partial charge in [-0.3, -0.25) is 14.4 Å². The first-order chi connectivity index (χ1) is 27.3. The van der Waals surface area contributed by atoms with Crippen molar-refractivity contribution in [3.63, 3.8) is 0 Å². The van der Waals surface area contributed by atoms with E-state index in [0.29, 0.717) is 45.7 Å². The van der Waals surface area contributed by atoms with Crippen LogP contribution in [0.2, 0.25) is 0 Å². The Hall–Kier alpha value is -4.24. The lowest BCUT2D eigenvalue weighted by atomic mass is 10.2. The normalized spacial score (nSPS) is 9.42. The van der Waals surface area contributed by atoms with Gasteiger partial charge >= 0.3 is 17.9 Å². The number of hydrogen-bond acceptors (Lipinski definition) is 14. The second-order valence-corrected chi connectivity index (χ2v) is 12.6. The van der Waals surface area contributed by atoms with Crippen molar-refractivity contribution >= 4 is 99.3 Å². The number of nitrogens with one attached hydrogen (secondary N) is 3. The number of benzene rings is 3. The summed E-state index contributed by atoms with van der Waals surface area (Å²) in [5.41, 5.74) is 13.9. The molecular weight excluding hydrogens is 942 g/mol. The maximum Gasteiger partial charge on any atom is 0.337 e. The van der Waals surface area contributed by atoms with E-state index in [-0.39, 0.29) is 34.4 Å². The van der Waals surface area contributed by atoms with Crippen molar-refractivity contribution < 1.29 is 52.5 Å². The van der Waals surface area contributed by atoms with Gasteiger partial charge in [0, 0.05) is 44.5 Å². The van der Waals surface area contributed by atoms with Crippen molar-refractivity contribution in [1.29, 1.82) is 0 Å². The van der Waals surface area contributed by atoms with Crippen molar-refractivity contribution in [3.8, 4) is 0 Å². The van der Waals surface area contributed by atoms with Gasteiger partial charge in [0.1, 0.15) is 0 Å². The summed E-state index contributed by atoms with van der Waals surface area (Å²) in [6, 6.07) is 19.6. The third kappa shape index (κ3) is 29.6. The van der Waals surface area contributed by atoms with Gasteiger partial charge in [-0.1, -0.05) is 31.9 Å². The summed E-state index contributed by atoms with van der Waals surface area (Å²) in [5.74, 6) is -1.41. The lowest BCUT2D eigenvalue weighted by Crippen LogP contribution is -2.29. The molecule has 0 unspecified atom stereocenters. The van der Waals surface area contributed by atoms with Crippen LogP contribution in [0.1, 0.15) is 43.9 Å². The maximum atomic E-state index is 11.6. The molecule has 0 aliphatic rings. The standard InChI is InChI=1S/C14H20N2O4.C10H10BrNO3.C8H9NO2.C4H11NO.C2H2Br2O/c1-19-9-3-8-15-10-13(17)16-12-6-4-11(5-7-12)14(18)20-2;1-15-10(14)7-2-4-8(5-3-7)12-9(13)6-11;1-11-8(10)6-2-4-7(9)5-3-6;1-6-4-2-3-5;3-1-2(4)5/h4-7,15H,3,8-10H2,1-2H3,(H,16,17);2-5H,6H2,1H3,(H,12,13);2-5H,9H2,1H3;2-5H2,1H3;1H2. The average Bonchev–Trinajstić information content (AvgIpc) is 3.23. The fourth-order valence-electron chi connectivity index (χ4n) is 3.52. The fourth-order valence-corrected chi connectivity index (χ4v) is 3.66. The van der Waals surface area contributed by atoms with Crippen LogP contribution in [0.4, 0.5) is 17.1 Å². The molecule has 3 rings (SSSR count). The number of amides is 2. The number of anilines is 3. The molecule has 57 heavy (non-hydrogen) atoms. The molecule has 0 fully saturated rings. The number of carbonyl (C=O) groups excluding carboxylic acids is 6. The zero-order valence-corrected chi connectivity index (χ0v) is 37.3. The topological polar surface area (TPSA) is 237 Å². The van der Waals surface area contributed by atoms with Crippen LogP contribution in [-0.2, 0) is 38.1 Å². The Kier molecular flexibility index (Phi) is 34.8. The second kappa shape index (κ2) is 36.1. The number of halogens is 3. The Bertz CT molecular complexity index is 1580. The smallest absolute Gasteiger partial charge is 0.337 e. The van der Waals surface area contributed by atoms with Gasteiger partial charge in [-0.15, -0.1) is 0 Å². The van der Waals surface area contributed by atoms with Crippen molar-refractivity contribution in [2.45, 2.75) is 12.8 Å². The van der Waals surface area contributed by atoms with Gasteiger partial charge in [0.15, 0.2) is 0 Å². The summed E-state index contributed by atoms with van der Waals surface area (Å²) in [6.45, 7) is 3.15. The number of methoxy groups -OCH3 is 5. The molecule has 0 heterocycles. The van der Waals surface area contributed by atoms with E-state index in [1.165, 1.54) is 21.3 Å². The largest absolute Gasteiger partial charge is 0.465 e. The van der Waals surface area contributed by atoms with E-state index in [4.69, 9.17) is 20.9 Å². The van der Waals surface area contributed by atoms with E-state index in [2.05, 4.69) is 78.0 Å². The Morgan fingerprint density at radius 1 is 0.579 bits per heavy atom. The number of ether oxygens (including phenoxy) is 5. The summed E-state index contributed by atoms with van der Waals surface area (Å²) in [5, 5.41) is 9.02. The molecule has 0 atom stereocenters. The van der Waals surface area contributed by atoms with Crippen molar-refractivity contribution in [2.24, 2.45) is 5.73 Å². The SMILES string of the molecule is COC(=O)c1ccc(N)cc1.COC(=O)c1ccc(NC(=O)CBr)cc1.COCCCN.COCCCNCC(=O)Nc1ccc(C(=O)OC)cc1.O=C(Br)CBr. The van der Waals surface area contributed by atoms with Crippen LogP contribution in [-0.4, -0.2) is 113 Å². The molecule has 7 N–H and O–H groups in total. The summed E-state index contributed by atoms with van der Waals surface area (Å²) in [6.07, 6.45) is 1.83. The van der Waals surface area contributed by atoms with E-state index in [1.807, 2.05) is 0 Å². The third-order valence-electron chi connectivity index (χ3n) is 6.28. The molecular formula is C38H52Br3N5O11. The molecule has 16 nitrogen and oxygen atoms in total. The zero-order valence-electron chi connectivity index (χ0n) is 32.6. The molecule has 0 saturated carbocycles. The zero-order chi connectivity index (χ0) is 43.4. The van der Waals surface area contributed by atoms with E-state index < -0.39 is 11.9 Å². The van der Waals surface area contributed by atoms with Crippen molar-refractivity contribution in [2.75, 3.05) is 95.4 Å². The lowest BCUT2D eigenvalue weighted by molar-refractivity contribution is -0.115. The highest BCUT2D eigenvalue weighted by molar-refractivity contribution is 9.19. The van der Waals surface area contributed by atoms with Crippen LogP contribution in [0.15, 0.2) is 72.8 Å². The Morgan fingerprint density at radius 3 is 1.26 bits per heavy atom. The Balaban J connectivity index is 0. The van der Waals surface area contributed by atoms with Gasteiger partial charge in [0.25, 0.3) is 0 Å². The third-order valence-corrected chi connectivity index (χ3v) is 8.33. The minimum Gasteiger partial charge on any atom is -0.465 e. The first-order valence-electron chi connectivity index (χ1n) is 16.9. The fraction of sp³-hybridized carbons (Fsp3) is 0.368. The number of carbonyl (C=O) groups is 6. The van der Waals surface area contributed by atoms with Gasteiger partial charge in [-0.25, -0.2) is 14.4 Å². The number of hydrogen-bond donors (Lipinski definition) is 5. The molecule has 0 aromatic heterocycles. The predicted octanol–water partition coefficient (Wildman–Crippen LogP) is 5.18. The van der Waals surface area contributed by atoms with Crippen molar-refractivity contribution in [3.05, 3.63) is 89.5 Å². The number of rotatable bonds is 16. The van der Waals surface area contributed by atoms with Crippen LogP contribution in [0.5, 0.6) is 0 Å². The quantitative estimate of drug-likeness (QED) is 0.0311. The first-order valence-corrected chi connectivity index (χ1v) is 19.9. The Labute approximate surface area is 358 Å². The van der Waals surface area contributed by atoms with E-state index >= 15 is 0 Å². The molecule has 19 heteroatoms. The van der Waals surface area contributed by atoms with E-state index in [9.17, 15) is 28.8 Å². The molecule has 3 aromatic carbocycles. The van der Waals surface area contributed by atoms with Gasteiger partial charge < -0.3 is 51.1 Å². The molecule has 0 bridgehead atoms. The highest BCUT2D eigenvalue weighted by Crippen LogP contribution is 2.11. The monoisotopic (exact) mass is 991 g/mol. The highest BCUT2D eigenvalue weighted by atomic mass is 79.9. The highest BCUT2D eigenvalue weighted by Gasteiger charge is 2.07. The second-order valence-electron chi connectivity index (χ2n) is 10.6. The van der Waals surface area contributed by atoms with Crippen LogP contribution < -0.4 is 27.4 Å². The van der Waals surface area contributed by atoms with Gasteiger partial charge in [-0.05, 0) is 115 Å². The summed E-state index contributed by atoms with van der Waals surface area (Å²) >= 11 is 8.64. The number of alkyl halides is 2. The predicted molar refractivity (Wildman–Crippen MR) is 231 cm³/mol. The number of nitrogens with two attached hydrogens (primary N) is 2. The lowest BCUT2D eigenvalue weighted by Gasteiger charge is -2.07. The minimum absolute atomic E-state index is 0.0162. The molecule has 0 spiro atoms. The van der Waals surface area contributed by atoms with Crippen LogP contribution in [0.25, 0.3) is 0 Å². The van der Waals surface area contributed by atoms with Crippen LogP contribution in [0, 0.1) is 0 Å². The van der Waals surface area contributed by atoms with Crippen LogP contribution >= 0.6 is 47.8 Å². The Morgan fingerprint density at radius 2 is 0.947 bits per heavy atom. The first kappa shape index (κ1) is 54.9. The van der Waals surface area contributed by atoms with E-state index in [1.54, 1.807) is 87.0 Å². The molecule has 0 saturated heterocycles. The summed E-state index contributed by atoms with van der Waals surface area (Å²) in [4.78, 5) is 65.5. The van der Waals surface area contributed by atoms with Gasteiger partial charge in [-0.2, -0.15) is 0 Å². The number of nitrogen functional groups attached to an aromatic ring is 1. The van der Waals surface area contributed by atoms with Crippen molar-refractivity contribution in [1.82, 2.24) is 5.32 Å². The molecule has 0 aliphatic carbocycles. The maximum absolute atomic E-state index is 11.6. The molecule has 2 amide bonds. The van der Waals surface area contributed by atoms with Gasteiger partial charge in [0.05, 0.1) is 55.2 Å². The van der Waals surface area contributed by atoms with E-state index in [0.717, 1.165) is 32.5 Å². The summed E-state index contributed by atoms with van der Waals surface area (Å²) < 4.78 is 23.2. The minimum atomic E-state index is -0.400. The molecule has 0 aliphatic heterocycles. The molecule has 0 radical (unpaired) electrons. The average molecular weight is 995 g/mol. The van der Waals surface area contributed by atoms with Gasteiger partial charge in [0.2, 0.25) is 16.5 Å². The summed E-state index contributed by atoms with van der Waals surface area (Å²) in [7, 11) is 7.31. The molecule has 316 valence electrons. The molecule has 3 aromatic rings.